The average molecular weight is 280 g/mol. The molecule has 0 atom stereocenters. The van der Waals surface area contributed by atoms with E-state index in [4.69, 9.17) is 11.8 Å². The third kappa shape index (κ3) is 12.5. The Hall–Kier alpha value is -0.550. The van der Waals surface area contributed by atoms with Crippen LogP contribution in [0.5, 0.6) is 0 Å². The van der Waals surface area contributed by atoms with E-state index in [1.165, 1.54) is 103 Å². The minimum absolute atomic E-state index is 1.37. The minimum Gasteiger partial charge on any atom is -0.512 e. The Morgan fingerprint density at radius 1 is 0.700 bits per heavy atom. The fourth-order valence-electron chi connectivity index (χ4n) is 3.16. The molecule has 0 aromatic carbocycles. The third-order valence-corrected chi connectivity index (χ3v) is 4.44. The number of quaternary nitrogens is 1. The molecule has 0 aliphatic carbocycles. The van der Waals surface area contributed by atoms with Gasteiger partial charge in [-0.3, -0.25) is 0 Å². The molecule has 1 aliphatic rings. The molecule has 0 aromatic rings. The van der Waals surface area contributed by atoms with E-state index in [1.807, 2.05) is 4.90 Å². The van der Waals surface area contributed by atoms with Gasteiger partial charge in [-0.2, -0.15) is 0 Å². The molecule has 1 rings (SSSR count). The number of hydrogen-bond acceptors (Lipinski definition) is 1. The number of nitrogens with zero attached hydrogens (tertiary/aromatic N) is 1. The molecule has 2 nitrogen and oxygen atoms in total. The molecule has 0 radical (unpaired) electrons. The van der Waals surface area contributed by atoms with Gasteiger partial charge in [0, 0.05) is 0 Å². The molecule has 0 saturated carbocycles. The molecule has 1 aliphatic heterocycles. The zero-order valence-corrected chi connectivity index (χ0v) is 13.8. The fourth-order valence-corrected chi connectivity index (χ4v) is 3.16. The lowest BCUT2D eigenvalue weighted by molar-refractivity contribution is -0.905. The van der Waals surface area contributed by atoms with Crippen molar-refractivity contribution in [3.8, 4) is 0 Å². The smallest absolute Gasteiger partial charge is 0.0770 e. The van der Waals surface area contributed by atoms with Gasteiger partial charge >= 0.3 is 0 Å². The van der Waals surface area contributed by atoms with Crippen molar-refractivity contribution >= 4 is 0 Å². The number of nitrogens with one attached hydrogen (secondary N) is 1. The van der Waals surface area contributed by atoms with Gasteiger partial charge in [0.2, 0.25) is 0 Å². The second-order valence-corrected chi connectivity index (χ2v) is 6.24. The molecule has 0 aromatic heterocycles. The van der Waals surface area contributed by atoms with Crippen molar-refractivity contribution in [2.45, 2.75) is 90.4 Å². The Bertz CT molecular complexity index is 195. The monoisotopic (exact) mass is 280 g/mol. The largest absolute Gasteiger partial charge is 0.512 e. The third-order valence-electron chi connectivity index (χ3n) is 4.44. The summed E-state index contributed by atoms with van der Waals surface area (Å²) in [7, 11) is 0. The highest BCUT2D eigenvalue weighted by atomic mass is 15.1. The summed E-state index contributed by atoms with van der Waals surface area (Å²) in [6.45, 7) is 11.4. The summed E-state index contributed by atoms with van der Waals surface area (Å²) in [5.74, 6) is 0. The fraction of sp³-hybridized carbons (Fsp3) is 0.944. The van der Waals surface area contributed by atoms with Gasteiger partial charge in [-0.05, 0) is 32.1 Å². The summed E-state index contributed by atoms with van der Waals surface area (Å²) < 4.78 is 0. The summed E-state index contributed by atoms with van der Waals surface area (Å²) in [6.07, 6.45) is 19.1. The van der Waals surface area contributed by atoms with Crippen molar-refractivity contribution in [2.24, 2.45) is 0 Å². The molecule has 1 heterocycles. The van der Waals surface area contributed by atoms with Gasteiger partial charge in [-0.1, -0.05) is 58.3 Å². The molecular formula is C18H36N2. The van der Waals surface area contributed by atoms with Crippen molar-refractivity contribution in [3.63, 3.8) is 0 Å². The first kappa shape index (κ1) is 19.4. The number of likely N-dealkylation sites (tertiary alicyclic amines) is 1. The van der Waals surface area contributed by atoms with Crippen LogP contribution < -0.4 is 4.90 Å². The molecule has 1 fully saturated rings. The van der Waals surface area contributed by atoms with Crippen molar-refractivity contribution in [1.29, 1.82) is 5.26 Å². The highest BCUT2D eigenvalue weighted by Gasteiger charge is 2.11. The first-order valence-corrected chi connectivity index (χ1v) is 8.99. The van der Waals surface area contributed by atoms with E-state index >= 15 is 0 Å². The zero-order chi connectivity index (χ0) is 14.9. The average Bonchev–Trinajstić information content (AvgIpc) is 2.52. The van der Waals surface area contributed by atoms with Crippen LogP contribution in [0.25, 0.3) is 0 Å². The first-order valence-electron chi connectivity index (χ1n) is 8.99. The van der Waals surface area contributed by atoms with Gasteiger partial charge in [0.05, 0.1) is 19.6 Å². The second-order valence-electron chi connectivity index (χ2n) is 6.24. The maximum Gasteiger partial charge on any atom is 0.0770 e. The van der Waals surface area contributed by atoms with Crippen molar-refractivity contribution < 1.29 is 4.90 Å². The molecule has 2 heteroatoms. The van der Waals surface area contributed by atoms with Crippen molar-refractivity contribution in [3.05, 3.63) is 6.57 Å². The van der Waals surface area contributed by atoms with E-state index in [2.05, 4.69) is 6.92 Å². The Morgan fingerprint density at radius 2 is 1.15 bits per heavy atom. The number of rotatable bonds is 11. The second kappa shape index (κ2) is 16.5. The van der Waals surface area contributed by atoms with Crippen molar-refractivity contribution in [1.82, 2.24) is 0 Å². The molecular weight excluding hydrogens is 244 g/mol. The van der Waals surface area contributed by atoms with Gasteiger partial charge in [-0.15, -0.1) is 0 Å². The van der Waals surface area contributed by atoms with Crippen LogP contribution in [0.3, 0.4) is 0 Å². The molecule has 0 bridgehead atoms. The lowest BCUT2D eigenvalue weighted by Crippen LogP contribution is -3.12. The van der Waals surface area contributed by atoms with Crippen LogP contribution in [0.1, 0.15) is 90.4 Å². The lowest BCUT2D eigenvalue weighted by Gasteiger charge is -2.23. The highest BCUT2D eigenvalue weighted by Crippen LogP contribution is 2.10. The molecule has 1 N–H and O–H groups in total. The number of piperidine rings is 1. The van der Waals surface area contributed by atoms with Gasteiger partial charge in [0.15, 0.2) is 0 Å². The van der Waals surface area contributed by atoms with Gasteiger partial charge in [0.25, 0.3) is 0 Å². The van der Waals surface area contributed by atoms with E-state index in [1.54, 1.807) is 0 Å². The maximum atomic E-state index is 6.25. The topological polar surface area (TPSA) is 28.2 Å². The lowest BCUT2D eigenvalue weighted by atomic mass is 10.1. The minimum atomic E-state index is 1.37. The maximum absolute atomic E-state index is 6.25. The van der Waals surface area contributed by atoms with Crippen LogP contribution in [-0.4, -0.2) is 19.6 Å². The molecule has 118 valence electrons. The van der Waals surface area contributed by atoms with E-state index in [0.29, 0.717) is 0 Å². The Labute approximate surface area is 127 Å². The summed E-state index contributed by atoms with van der Waals surface area (Å²) in [5.41, 5.74) is 0. The Kier molecular flexibility index (Phi) is 16.1. The van der Waals surface area contributed by atoms with Crippen LogP contribution in [-0.2, 0) is 0 Å². The quantitative estimate of drug-likeness (QED) is 0.448. The van der Waals surface area contributed by atoms with Crippen molar-refractivity contribution in [2.75, 3.05) is 19.6 Å². The van der Waals surface area contributed by atoms with Crippen LogP contribution in [0.4, 0.5) is 0 Å². The summed E-state index contributed by atoms with van der Waals surface area (Å²) in [6, 6.07) is 0. The van der Waals surface area contributed by atoms with E-state index < -0.39 is 0 Å². The molecule has 0 amide bonds. The van der Waals surface area contributed by atoms with Gasteiger partial charge in [0.1, 0.15) is 0 Å². The number of unbranched alkanes of at least 4 members (excludes halogenated alkanes) is 9. The summed E-state index contributed by atoms with van der Waals surface area (Å²) in [5, 5.41) is 6.25. The Balaban J connectivity index is 0.00000172. The molecule has 1 saturated heterocycles. The van der Waals surface area contributed by atoms with Crippen LogP contribution in [0, 0.1) is 11.8 Å². The normalized spacial score (nSPS) is 15.6. The van der Waals surface area contributed by atoms with E-state index in [0.717, 1.165) is 0 Å². The standard InChI is InChI=1S/C17H35N.CN/c1-2-3-4-5-6-7-8-9-10-12-15-18-16-13-11-14-17-18;1-2/h2-17H2,1H3;/q;-1/p+1. The summed E-state index contributed by atoms with van der Waals surface area (Å²) in [4.78, 5) is 1.89. The van der Waals surface area contributed by atoms with E-state index in [-0.39, 0.29) is 0 Å². The molecule has 0 unspecified atom stereocenters. The predicted octanol–water partition coefficient (Wildman–Crippen LogP) is 4.07. The SMILES string of the molecule is CCCCCCCCCCCC[NH+]1CCCCC1.[C-]#N. The first-order chi connectivity index (χ1) is 9.93. The predicted molar refractivity (Wildman–Crippen MR) is 86.2 cm³/mol. The Morgan fingerprint density at radius 3 is 1.65 bits per heavy atom. The summed E-state index contributed by atoms with van der Waals surface area (Å²) >= 11 is 0. The van der Waals surface area contributed by atoms with Crippen LogP contribution in [0.15, 0.2) is 0 Å². The van der Waals surface area contributed by atoms with Gasteiger partial charge < -0.3 is 16.7 Å². The highest BCUT2D eigenvalue weighted by molar-refractivity contribution is 4.49. The van der Waals surface area contributed by atoms with Gasteiger partial charge in [-0.25, -0.2) is 0 Å². The van der Waals surface area contributed by atoms with Crippen LogP contribution >= 0.6 is 0 Å². The molecule has 0 spiro atoms. The molecule has 20 heavy (non-hydrogen) atoms. The van der Waals surface area contributed by atoms with E-state index in [9.17, 15) is 0 Å². The zero-order valence-electron chi connectivity index (χ0n) is 13.8. The number of hydrogen-bond donors (Lipinski definition) is 1. The van der Waals surface area contributed by atoms with Crippen LogP contribution in [0.2, 0.25) is 0 Å².